The summed E-state index contributed by atoms with van der Waals surface area (Å²) >= 11 is 0. The summed E-state index contributed by atoms with van der Waals surface area (Å²) in [6, 6.07) is 7.37. The van der Waals surface area contributed by atoms with E-state index in [-0.39, 0.29) is 6.42 Å². The Bertz CT molecular complexity index is 772. The van der Waals surface area contributed by atoms with Crippen LogP contribution in [0.2, 0.25) is 0 Å². The van der Waals surface area contributed by atoms with Crippen molar-refractivity contribution in [2.24, 2.45) is 0 Å². The van der Waals surface area contributed by atoms with Crippen LogP contribution in [0, 0.1) is 0 Å². The monoisotopic (exact) mass is 391 g/mol. The van der Waals surface area contributed by atoms with Gasteiger partial charge in [-0.25, -0.2) is 4.48 Å². The van der Waals surface area contributed by atoms with Gasteiger partial charge in [-0.15, -0.1) is 0 Å². The highest BCUT2D eigenvalue weighted by molar-refractivity contribution is 5.90. The molecule has 1 amide bonds. The third kappa shape index (κ3) is 3.78. The minimum atomic E-state index is -4.96. The van der Waals surface area contributed by atoms with Crippen LogP contribution in [0.3, 0.4) is 0 Å². The van der Waals surface area contributed by atoms with Crippen molar-refractivity contribution in [1.29, 1.82) is 0 Å². The predicted molar refractivity (Wildman–Crippen MR) is 84.9 cm³/mol. The lowest BCUT2D eigenvalue weighted by molar-refractivity contribution is -0.261. The second-order valence-corrected chi connectivity index (χ2v) is 5.83. The van der Waals surface area contributed by atoms with Crippen LogP contribution in [0.15, 0.2) is 48.5 Å². The minimum absolute atomic E-state index is 0.00758. The van der Waals surface area contributed by atoms with Gasteiger partial charge < -0.3 is 9.90 Å². The van der Waals surface area contributed by atoms with Crippen molar-refractivity contribution in [2.75, 3.05) is 6.54 Å². The number of hydrogen-bond acceptors (Lipinski definition) is 2. The Balaban J connectivity index is 2.97. The largest absolute Gasteiger partial charge is 0.498 e. The third-order valence-corrected chi connectivity index (χ3v) is 4.11. The molecule has 0 saturated heterocycles. The summed E-state index contributed by atoms with van der Waals surface area (Å²) < 4.78 is 79.2. The van der Waals surface area contributed by atoms with Crippen LogP contribution >= 0.6 is 0 Å². The van der Waals surface area contributed by atoms with Crippen molar-refractivity contribution in [3.05, 3.63) is 59.7 Å². The number of carbonyl (C=O) groups is 1. The molecule has 0 unspecified atom stereocenters. The number of benzene rings is 2. The first kappa shape index (κ1) is 20.8. The van der Waals surface area contributed by atoms with Gasteiger partial charge in [-0.1, -0.05) is 31.2 Å². The van der Waals surface area contributed by atoms with Crippen LogP contribution in [-0.4, -0.2) is 12.6 Å². The number of rotatable bonds is 4. The molecule has 0 aromatic heterocycles. The molecule has 27 heavy (non-hydrogen) atoms. The lowest BCUT2D eigenvalue weighted by Crippen LogP contribution is -2.58. The van der Waals surface area contributed by atoms with Crippen LogP contribution in [0.4, 0.5) is 42.5 Å². The van der Waals surface area contributed by atoms with E-state index in [0.717, 1.165) is 36.4 Å². The average molecular weight is 391 g/mol. The smallest absolute Gasteiger partial charge is 0.422 e. The van der Waals surface area contributed by atoms with E-state index in [4.69, 9.17) is 0 Å². The maximum absolute atomic E-state index is 13.5. The summed E-state index contributed by atoms with van der Waals surface area (Å²) in [4.78, 5) is 12.1. The van der Waals surface area contributed by atoms with Gasteiger partial charge in [-0.05, 0) is 18.6 Å². The molecule has 0 heterocycles. The molecule has 0 aliphatic rings. The van der Waals surface area contributed by atoms with Gasteiger partial charge in [0.1, 0.15) is 11.1 Å². The molecule has 0 fully saturated rings. The zero-order chi connectivity index (χ0) is 20.5. The highest BCUT2D eigenvalue weighted by Crippen LogP contribution is 2.47. The number of halogens is 6. The van der Waals surface area contributed by atoms with Gasteiger partial charge in [0.2, 0.25) is 0 Å². The van der Waals surface area contributed by atoms with Crippen molar-refractivity contribution < 1.29 is 36.2 Å². The van der Waals surface area contributed by atoms with Gasteiger partial charge in [0.15, 0.2) is 11.4 Å². The molecular weight excluding hydrogens is 376 g/mol. The molecule has 2 aromatic carbocycles. The normalized spacial score (nSPS) is 12.9. The molecule has 9 heteroatoms. The Morgan fingerprint density at radius 3 is 1.52 bits per heavy atom. The number of para-hydroxylation sites is 2. The first-order chi connectivity index (χ1) is 12.5. The highest BCUT2D eigenvalue weighted by atomic mass is 19.4. The minimum Gasteiger partial charge on any atom is -0.498 e. The van der Waals surface area contributed by atoms with Gasteiger partial charge in [0.05, 0.1) is 6.54 Å². The Morgan fingerprint density at radius 1 is 0.852 bits per heavy atom. The van der Waals surface area contributed by atoms with Gasteiger partial charge in [-0.2, -0.15) is 26.3 Å². The predicted octanol–water partition coefficient (Wildman–Crippen LogP) is 5.12. The molecule has 3 nitrogen and oxygen atoms in total. The van der Waals surface area contributed by atoms with E-state index < -0.39 is 52.0 Å². The number of alkyl halides is 6. The summed E-state index contributed by atoms with van der Waals surface area (Å²) in [6.07, 6.45) is -12.0. The molecule has 0 bridgehead atoms. The average Bonchev–Trinajstić information content (AvgIpc) is 2.58. The molecule has 2 aromatic rings. The molecule has 0 N–H and O–H groups in total. The fraction of sp³-hybridized carbons (Fsp3) is 0.278. The molecule has 0 atom stereocenters. The number of carboxylic acid groups (broad SMARTS) is 1. The van der Waals surface area contributed by atoms with Crippen LogP contribution in [0.25, 0.3) is 0 Å². The molecule has 0 spiro atoms. The van der Waals surface area contributed by atoms with E-state index >= 15 is 0 Å². The Kier molecular flexibility index (Phi) is 5.55. The maximum Gasteiger partial charge on any atom is 0.422 e. The number of hydrogen-bond donors (Lipinski definition) is 0. The highest BCUT2D eigenvalue weighted by Gasteiger charge is 2.48. The molecule has 0 aliphatic heterocycles. The summed E-state index contributed by atoms with van der Waals surface area (Å²) in [5, 5.41) is 12.1. The fourth-order valence-electron chi connectivity index (χ4n) is 3.09. The number of quaternary nitrogens is 1. The van der Waals surface area contributed by atoms with Crippen LogP contribution < -0.4 is 9.59 Å². The SMILES string of the molecule is CCC[N+](C(=O)[O-])(c1ccccc1C(F)(F)F)c1ccccc1C(F)(F)F. The topological polar surface area (TPSA) is 40.1 Å². The Labute approximate surface area is 151 Å². The zero-order valence-corrected chi connectivity index (χ0v) is 14.1. The van der Waals surface area contributed by atoms with Crippen molar-refractivity contribution in [1.82, 2.24) is 4.48 Å². The van der Waals surface area contributed by atoms with E-state index in [1.165, 1.54) is 6.92 Å². The van der Waals surface area contributed by atoms with Crippen LogP contribution in [0.1, 0.15) is 24.5 Å². The fourth-order valence-corrected chi connectivity index (χ4v) is 3.09. The van der Waals surface area contributed by atoms with E-state index in [1.807, 2.05) is 0 Å². The second kappa shape index (κ2) is 7.22. The molecular formula is C18H15F6NO2. The molecule has 146 valence electrons. The Morgan fingerprint density at radius 2 is 1.22 bits per heavy atom. The lowest BCUT2D eigenvalue weighted by Gasteiger charge is -2.39. The Hall–Kier alpha value is -2.55. The summed E-state index contributed by atoms with van der Waals surface area (Å²) in [7, 11) is 0. The van der Waals surface area contributed by atoms with Gasteiger partial charge in [0, 0.05) is 12.1 Å². The van der Waals surface area contributed by atoms with Crippen molar-refractivity contribution in [3.8, 4) is 0 Å². The standard InChI is InChI=1S/C18H15F6NO2/c1-2-11-25(16(26)27,14-9-5-3-7-12(14)17(19,20)21)15-10-6-4-8-13(15)18(22,23)24/h3-10H,2,11H2,1H3. The summed E-state index contributed by atoms with van der Waals surface area (Å²) in [5.74, 6) is 0. The van der Waals surface area contributed by atoms with Crippen molar-refractivity contribution >= 4 is 17.5 Å². The maximum atomic E-state index is 13.5. The van der Waals surface area contributed by atoms with Gasteiger partial charge >= 0.3 is 12.4 Å². The lowest BCUT2D eigenvalue weighted by atomic mass is 10.0. The summed E-state index contributed by atoms with van der Waals surface area (Å²) in [5.41, 5.74) is -4.33. The van der Waals surface area contributed by atoms with Crippen LogP contribution in [-0.2, 0) is 12.4 Å². The first-order valence-electron chi connectivity index (χ1n) is 7.89. The van der Waals surface area contributed by atoms with E-state index in [2.05, 4.69) is 0 Å². The quantitative estimate of drug-likeness (QED) is 0.536. The van der Waals surface area contributed by atoms with E-state index in [9.17, 15) is 36.2 Å². The summed E-state index contributed by atoms with van der Waals surface area (Å²) in [6.45, 7) is 0.908. The molecule has 0 saturated carbocycles. The van der Waals surface area contributed by atoms with E-state index in [1.54, 1.807) is 0 Å². The second-order valence-electron chi connectivity index (χ2n) is 5.83. The zero-order valence-electron chi connectivity index (χ0n) is 14.1. The molecule has 0 aliphatic carbocycles. The first-order valence-corrected chi connectivity index (χ1v) is 7.89. The van der Waals surface area contributed by atoms with Gasteiger partial charge in [0.25, 0.3) is 6.09 Å². The number of carbonyl (C=O) groups excluding carboxylic acids is 1. The van der Waals surface area contributed by atoms with Gasteiger partial charge in [-0.3, -0.25) is 0 Å². The van der Waals surface area contributed by atoms with Crippen molar-refractivity contribution in [2.45, 2.75) is 25.7 Å². The molecule has 2 rings (SSSR count). The number of amides is 1. The number of nitrogens with zero attached hydrogens (tertiary/aromatic N) is 1. The third-order valence-electron chi connectivity index (χ3n) is 4.11. The van der Waals surface area contributed by atoms with Crippen molar-refractivity contribution in [3.63, 3.8) is 0 Å². The van der Waals surface area contributed by atoms with Crippen LogP contribution in [0.5, 0.6) is 0 Å². The molecule has 0 radical (unpaired) electrons. The van der Waals surface area contributed by atoms with E-state index in [0.29, 0.717) is 12.1 Å².